The Bertz CT molecular complexity index is 708. The van der Waals surface area contributed by atoms with E-state index in [0.717, 1.165) is 37.0 Å². The quantitative estimate of drug-likeness (QED) is 0.781. The molecule has 1 aliphatic heterocycles. The van der Waals surface area contributed by atoms with Gasteiger partial charge in [0.25, 0.3) is 5.91 Å². The summed E-state index contributed by atoms with van der Waals surface area (Å²) in [4.78, 5) is 38.6. The molecule has 2 N–H and O–H groups in total. The highest BCUT2D eigenvalue weighted by atomic mass is 16.2. The van der Waals surface area contributed by atoms with Gasteiger partial charge in [-0.1, -0.05) is 56.4 Å². The molecule has 3 rings (SSSR count). The minimum atomic E-state index is -0.793. The van der Waals surface area contributed by atoms with Crippen LogP contribution in [-0.2, 0) is 16.0 Å². The molecule has 0 aromatic heterocycles. The first-order valence-electron chi connectivity index (χ1n) is 9.97. The summed E-state index contributed by atoms with van der Waals surface area (Å²) in [5.41, 5.74) is 1.58. The van der Waals surface area contributed by atoms with E-state index in [9.17, 15) is 14.4 Å². The molecule has 1 aromatic rings. The van der Waals surface area contributed by atoms with E-state index in [1.807, 2.05) is 31.2 Å². The second kappa shape index (κ2) is 8.55. The molecule has 0 unspecified atom stereocenters. The highest BCUT2D eigenvalue weighted by Crippen LogP contribution is 2.31. The van der Waals surface area contributed by atoms with Crippen LogP contribution < -0.4 is 10.6 Å². The highest BCUT2D eigenvalue weighted by molar-refractivity contribution is 6.09. The number of carbonyl (C=O) groups is 3. The Morgan fingerprint density at radius 3 is 2.48 bits per heavy atom. The first-order valence-corrected chi connectivity index (χ1v) is 9.97. The van der Waals surface area contributed by atoms with Gasteiger partial charge in [0.05, 0.1) is 0 Å². The zero-order chi connectivity index (χ0) is 19.3. The number of amides is 4. The van der Waals surface area contributed by atoms with Gasteiger partial charge in [0.15, 0.2) is 0 Å². The maximum absolute atomic E-state index is 12.9. The maximum Gasteiger partial charge on any atom is 0.325 e. The average molecular weight is 371 g/mol. The molecule has 1 aromatic carbocycles. The number of carbonyl (C=O) groups excluding carboxylic acids is 3. The van der Waals surface area contributed by atoms with Gasteiger partial charge in [-0.3, -0.25) is 14.5 Å². The van der Waals surface area contributed by atoms with E-state index in [1.165, 1.54) is 17.5 Å². The zero-order valence-corrected chi connectivity index (χ0v) is 16.1. The van der Waals surface area contributed by atoms with Gasteiger partial charge in [0.2, 0.25) is 5.91 Å². The summed E-state index contributed by atoms with van der Waals surface area (Å²) in [6.07, 6.45) is 7.29. The molecule has 27 heavy (non-hydrogen) atoms. The monoisotopic (exact) mass is 371 g/mol. The van der Waals surface area contributed by atoms with Crippen LogP contribution in [0.3, 0.4) is 0 Å². The molecular formula is C21H29N3O3. The predicted octanol–water partition coefficient (Wildman–Crippen LogP) is 2.69. The first kappa shape index (κ1) is 19.4. The van der Waals surface area contributed by atoms with Crippen LogP contribution in [0.5, 0.6) is 0 Å². The first-order chi connectivity index (χ1) is 13.0. The van der Waals surface area contributed by atoms with Gasteiger partial charge in [-0.25, -0.2) is 4.79 Å². The molecule has 0 bridgehead atoms. The lowest BCUT2D eigenvalue weighted by molar-refractivity contribution is -0.135. The van der Waals surface area contributed by atoms with E-state index >= 15 is 0 Å². The third-order valence-corrected chi connectivity index (χ3v) is 5.73. The van der Waals surface area contributed by atoms with Gasteiger partial charge in [-0.05, 0) is 37.3 Å². The van der Waals surface area contributed by atoms with E-state index in [-0.39, 0.29) is 18.4 Å². The summed E-state index contributed by atoms with van der Waals surface area (Å²) in [7, 11) is 0. The Morgan fingerprint density at radius 1 is 1.11 bits per heavy atom. The largest absolute Gasteiger partial charge is 0.354 e. The SMILES string of the molecule is Cc1ccccc1CCNC(=O)CN1C(=O)NC2(CCCCCCC2)C1=O. The molecule has 6 heteroatoms. The normalized spacial score (nSPS) is 19.5. The molecule has 146 valence electrons. The number of imide groups is 1. The maximum atomic E-state index is 12.9. The van der Waals surface area contributed by atoms with Crippen LogP contribution in [0.25, 0.3) is 0 Å². The number of urea groups is 1. The van der Waals surface area contributed by atoms with Crippen LogP contribution in [0, 0.1) is 6.92 Å². The van der Waals surface area contributed by atoms with Gasteiger partial charge >= 0.3 is 6.03 Å². The Hall–Kier alpha value is -2.37. The van der Waals surface area contributed by atoms with E-state index in [0.29, 0.717) is 19.4 Å². The van der Waals surface area contributed by atoms with Crippen molar-refractivity contribution in [2.45, 2.75) is 63.8 Å². The third-order valence-electron chi connectivity index (χ3n) is 5.73. The van der Waals surface area contributed by atoms with Gasteiger partial charge < -0.3 is 10.6 Å². The van der Waals surface area contributed by atoms with Crippen LogP contribution in [-0.4, -0.2) is 41.4 Å². The zero-order valence-electron chi connectivity index (χ0n) is 16.1. The third kappa shape index (κ3) is 4.49. The Morgan fingerprint density at radius 2 is 1.78 bits per heavy atom. The molecule has 2 aliphatic rings. The second-order valence-electron chi connectivity index (χ2n) is 7.70. The Labute approximate surface area is 160 Å². The van der Waals surface area contributed by atoms with Crippen molar-refractivity contribution in [3.8, 4) is 0 Å². The Kier molecular flexibility index (Phi) is 6.14. The summed E-state index contributed by atoms with van der Waals surface area (Å²) in [6.45, 7) is 2.32. The number of nitrogens with zero attached hydrogens (tertiary/aromatic N) is 1. The molecule has 1 spiro atoms. The lowest BCUT2D eigenvalue weighted by Gasteiger charge is -2.28. The molecule has 0 radical (unpaired) electrons. The Balaban J connectivity index is 1.53. The van der Waals surface area contributed by atoms with E-state index in [4.69, 9.17) is 0 Å². The van der Waals surface area contributed by atoms with Crippen molar-refractivity contribution in [2.75, 3.05) is 13.1 Å². The molecule has 1 heterocycles. The number of hydrogen-bond acceptors (Lipinski definition) is 3. The van der Waals surface area contributed by atoms with Crippen molar-refractivity contribution < 1.29 is 14.4 Å². The molecule has 6 nitrogen and oxygen atoms in total. The molecule has 4 amide bonds. The minimum absolute atomic E-state index is 0.208. The number of nitrogens with one attached hydrogen (secondary N) is 2. The molecule has 1 saturated carbocycles. The summed E-state index contributed by atoms with van der Waals surface area (Å²) < 4.78 is 0. The average Bonchev–Trinajstić information content (AvgIpc) is 2.85. The summed E-state index contributed by atoms with van der Waals surface area (Å²) in [5, 5.41) is 5.72. The summed E-state index contributed by atoms with van der Waals surface area (Å²) in [6, 6.07) is 7.61. The molecule has 0 atom stereocenters. The molecular weight excluding hydrogens is 342 g/mol. The summed E-state index contributed by atoms with van der Waals surface area (Å²) in [5.74, 6) is -0.529. The van der Waals surface area contributed by atoms with Crippen LogP contribution in [0.4, 0.5) is 4.79 Å². The van der Waals surface area contributed by atoms with E-state index < -0.39 is 11.6 Å². The second-order valence-corrected chi connectivity index (χ2v) is 7.70. The van der Waals surface area contributed by atoms with Crippen molar-refractivity contribution in [3.63, 3.8) is 0 Å². The lowest BCUT2D eigenvalue weighted by Crippen LogP contribution is -2.48. The molecule has 1 saturated heterocycles. The van der Waals surface area contributed by atoms with Crippen LogP contribution in [0.15, 0.2) is 24.3 Å². The highest BCUT2D eigenvalue weighted by Gasteiger charge is 2.50. The van der Waals surface area contributed by atoms with Crippen molar-refractivity contribution in [3.05, 3.63) is 35.4 Å². The fourth-order valence-corrected chi connectivity index (χ4v) is 4.09. The van der Waals surface area contributed by atoms with Crippen LogP contribution in [0.2, 0.25) is 0 Å². The molecule has 2 fully saturated rings. The number of benzene rings is 1. The number of rotatable bonds is 5. The van der Waals surface area contributed by atoms with Crippen LogP contribution in [0.1, 0.15) is 56.1 Å². The van der Waals surface area contributed by atoms with Gasteiger partial charge in [0.1, 0.15) is 12.1 Å². The number of hydrogen-bond donors (Lipinski definition) is 2. The van der Waals surface area contributed by atoms with Gasteiger partial charge in [-0.15, -0.1) is 0 Å². The topological polar surface area (TPSA) is 78.5 Å². The van der Waals surface area contributed by atoms with Crippen LogP contribution >= 0.6 is 0 Å². The minimum Gasteiger partial charge on any atom is -0.354 e. The lowest BCUT2D eigenvalue weighted by atomic mass is 9.84. The standard InChI is InChI=1S/C21H29N3O3/c1-16-9-5-6-10-17(16)11-14-22-18(25)15-24-19(26)21(23-20(24)27)12-7-3-2-4-8-13-21/h5-6,9-10H,2-4,7-8,11-15H2,1H3,(H,22,25)(H,23,27). The van der Waals surface area contributed by atoms with Gasteiger partial charge in [0, 0.05) is 6.54 Å². The predicted molar refractivity (Wildman–Crippen MR) is 103 cm³/mol. The smallest absolute Gasteiger partial charge is 0.325 e. The van der Waals surface area contributed by atoms with Crippen molar-refractivity contribution in [1.29, 1.82) is 0 Å². The molecule has 1 aliphatic carbocycles. The van der Waals surface area contributed by atoms with Crippen molar-refractivity contribution >= 4 is 17.8 Å². The van der Waals surface area contributed by atoms with Crippen molar-refractivity contribution in [2.24, 2.45) is 0 Å². The van der Waals surface area contributed by atoms with E-state index in [1.54, 1.807) is 0 Å². The van der Waals surface area contributed by atoms with Gasteiger partial charge in [-0.2, -0.15) is 0 Å². The van der Waals surface area contributed by atoms with Crippen molar-refractivity contribution in [1.82, 2.24) is 15.5 Å². The fraction of sp³-hybridized carbons (Fsp3) is 0.571. The number of aryl methyl sites for hydroxylation is 1. The fourth-order valence-electron chi connectivity index (χ4n) is 4.09. The summed E-state index contributed by atoms with van der Waals surface area (Å²) >= 11 is 0. The van der Waals surface area contributed by atoms with E-state index in [2.05, 4.69) is 10.6 Å².